The molecule has 1 unspecified atom stereocenters. The normalized spacial score (nSPS) is 19.1. The number of nitrogens with one attached hydrogen (secondary N) is 1. The number of carbonyl (C=O) groups is 1. The average molecular weight is 502 g/mol. The van der Waals surface area contributed by atoms with Crippen molar-refractivity contribution in [2.24, 2.45) is 0 Å². The summed E-state index contributed by atoms with van der Waals surface area (Å²) in [4.78, 5) is 18.8. The van der Waals surface area contributed by atoms with Gasteiger partial charge >= 0.3 is 12.2 Å². The summed E-state index contributed by atoms with van der Waals surface area (Å²) < 4.78 is 55.4. The number of alkyl halides is 3. The molecule has 3 aromatic rings. The Morgan fingerprint density at radius 2 is 1.81 bits per heavy atom. The maximum atomic E-state index is 14.5. The zero-order valence-electron chi connectivity index (χ0n) is 20.0. The Bertz CT molecular complexity index is 1240. The van der Waals surface area contributed by atoms with Gasteiger partial charge in [-0.25, -0.2) is 9.18 Å². The molecule has 1 saturated heterocycles. The second-order valence-corrected chi connectivity index (χ2v) is 9.39. The number of amides is 2. The van der Waals surface area contributed by atoms with Crippen molar-refractivity contribution in [3.05, 3.63) is 76.7 Å². The molecule has 3 heterocycles. The predicted molar refractivity (Wildman–Crippen MR) is 128 cm³/mol. The lowest BCUT2D eigenvalue weighted by atomic mass is 9.96. The van der Waals surface area contributed by atoms with Gasteiger partial charge in [0.25, 0.3) is 0 Å². The standard InChI is InChI=1S/C26H27F4N5O/c1-16-6-5-9-22(27)23(16)33-12-10-19(11-13-33)35-17(2)20-14-31-32-24(20)34(25(35)36)15-18-7-3-4-8-21(18)26(28,29)30/h3-9,14,17,19H,10-13,15H2,1-2H3,(H,31,32). The molecule has 36 heavy (non-hydrogen) atoms. The van der Waals surface area contributed by atoms with E-state index in [1.807, 2.05) is 24.8 Å². The van der Waals surface area contributed by atoms with Crippen LogP contribution in [0.25, 0.3) is 0 Å². The zero-order chi connectivity index (χ0) is 25.6. The van der Waals surface area contributed by atoms with Gasteiger partial charge in [-0.1, -0.05) is 30.3 Å². The van der Waals surface area contributed by atoms with Crippen LogP contribution in [0.15, 0.2) is 48.7 Å². The summed E-state index contributed by atoms with van der Waals surface area (Å²) >= 11 is 0. The molecule has 0 saturated carbocycles. The first kappa shape index (κ1) is 24.1. The lowest BCUT2D eigenvalue weighted by Crippen LogP contribution is -2.55. The molecule has 5 rings (SSSR count). The summed E-state index contributed by atoms with van der Waals surface area (Å²) in [5.41, 5.74) is 1.43. The highest BCUT2D eigenvalue weighted by Crippen LogP contribution is 2.40. The molecule has 0 radical (unpaired) electrons. The van der Waals surface area contributed by atoms with Crippen LogP contribution in [0.5, 0.6) is 0 Å². The van der Waals surface area contributed by atoms with E-state index in [2.05, 4.69) is 10.2 Å². The molecule has 10 heteroatoms. The lowest BCUT2D eigenvalue weighted by molar-refractivity contribution is -0.138. The zero-order valence-corrected chi connectivity index (χ0v) is 20.0. The van der Waals surface area contributed by atoms with E-state index in [0.717, 1.165) is 17.2 Å². The van der Waals surface area contributed by atoms with Crippen LogP contribution in [0.4, 0.5) is 33.9 Å². The molecule has 190 valence electrons. The molecule has 6 nitrogen and oxygen atoms in total. The number of hydrogen-bond donors (Lipinski definition) is 1. The first-order valence-electron chi connectivity index (χ1n) is 12.0. The Labute approximate surface area is 206 Å². The fraction of sp³-hybridized carbons (Fsp3) is 0.385. The number of hydrogen-bond acceptors (Lipinski definition) is 3. The number of fused-ring (bicyclic) bond motifs is 1. The van der Waals surface area contributed by atoms with Gasteiger partial charge in [-0.05, 0) is 49.9 Å². The molecule has 0 bridgehead atoms. The van der Waals surface area contributed by atoms with E-state index >= 15 is 0 Å². The van der Waals surface area contributed by atoms with E-state index in [4.69, 9.17) is 0 Å². The second kappa shape index (κ2) is 9.15. The van der Waals surface area contributed by atoms with Gasteiger partial charge in [0.1, 0.15) is 5.82 Å². The monoisotopic (exact) mass is 501 g/mol. The maximum Gasteiger partial charge on any atom is 0.416 e. The third-order valence-electron chi connectivity index (χ3n) is 7.24. The van der Waals surface area contributed by atoms with Crippen LogP contribution in [0, 0.1) is 12.7 Å². The van der Waals surface area contributed by atoms with E-state index in [9.17, 15) is 22.4 Å². The molecule has 0 spiro atoms. The Morgan fingerprint density at radius 3 is 2.50 bits per heavy atom. The number of aromatic nitrogens is 2. The number of para-hydroxylation sites is 1. The summed E-state index contributed by atoms with van der Waals surface area (Å²) in [6, 6.07) is 9.47. The van der Waals surface area contributed by atoms with Crippen molar-refractivity contribution in [2.45, 2.75) is 51.5 Å². The predicted octanol–water partition coefficient (Wildman–Crippen LogP) is 6.05. The van der Waals surface area contributed by atoms with Crippen molar-refractivity contribution in [3.8, 4) is 0 Å². The molecule has 0 aliphatic carbocycles. The van der Waals surface area contributed by atoms with Crippen LogP contribution in [0.3, 0.4) is 0 Å². The van der Waals surface area contributed by atoms with Crippen LogP contribution in [0.1, 0.15) is 48.1 Å². The highest BCUT2D eigenvalue weighted by atomic mass is 19.4. The minimum absolute atomic E-state index is 0.00616. The van der Waals surface area contributed by atoms with Gasteiger partial charge in [0.2, 0.25) is 0 Å². The largest absolute Gasteiger partial charge is 0.416 e. The Morgan fingerprint density at radius 1 is 1.08 bits per heavy atom. The van der Waals surface area contributed by atoms with E-state index in [-0.39, 0.29) is 36.0 Å². The van der Waals surface area contributed by atoms with E-state index in [1.54, 1.807) is 17.2 Å². The number of carbonyl (C=O) groups excluding carboxylic acids is 1. The summed E-state index contributed by atoms with van der Waals surface area (Å²) in [5, 5.41) is 6.97. The van der Waals surface area contributed by atoms with Crippen LogP contribution >= 0.6 is 0 Å². The molecule has 1 fully saturated rings. The molecule has 1 atom stereocenters. The van der Waals surface area contributed by atoms with Crippen LogP contribution in [0.2, 0.25) is 0 Å². The minimum Gasteiger partial charge on any atom is -0.369 e. The number of aromatic amines is 1. The Balaban J connectivity index is 1.41. The molecular formula is C26H27F4N5O. The van der Waals surface area contributed by atoms with Gasteiger partial charge in [-0.2, -0.15) is 18.3 Å². The summed E-state index contributed by atoms with van der Waals surface area (Å²) in [7, 11) is 0. The smallest absolute Gasteiger partial charge is 0.369 e. The first-order chi connectivity index (χ1) is 17.2. The molecule has 2 aliphatic heterocycles. The van der Waals surface area contributed by atoms with Gasteiger partial charge in [-0.15, -0.1) is 0 Å². The second-order valence-electron chi connectivity index (χ2n) is 9.39. The Hall–Kier alpha value is -3.56. The molecular weight excluding hydrogens is 474 g/mol. The van der Waals surface area contributed by atoms with Gasteiger partial charge in [0.05, 0.1) is 23.8 Å². The van der Waals surface area contributed by atoms with Gasteiger partial charge < -0.3 is 9.80 Å². The molecule has 2 aromatic carbocycles. The van der Waals surface area contributed by atoms with E-state index < -0.39 is 11.7 Å². The number of nitrogens with zero attached hydrogens (tertiary/aromatic N) is 4. The number of halogens is 4. The third-order valence-corrected chi connectivity index (χ3v) is 7.24. The topological polar surface area (TPSA) is 55.5 Å². The summed E-state index contributed by atoms with van der Waals surface area (Å²) in [6.45, 7) is 4.66. The number of benzene rings is 2. The number of urea groups is 1. The molecule has 2 amide bonds. The quantitative estimate of drug-likeness (QED) is 0.443. The first-order valence-corrected chi connectivity index (χ1v) is 12.0. The van der Waals surface area contributed by atoms with Crippen LogP contribution < -0.4 is 9.80 Å². The van der Waals surface area contributed by atoms with Crippen LogP contribution in [-0.4, -0.2) is 40.3 Å². The fourth-order valence-electron chi connectivity index (χ4n) is 5.47. The number of aryl methyl sites for hydroxylation is 1. The van der Waals surface area contributed by atoms with Gasteiger partial charge in [0.15, 0.2) is 5.82 Å². The van der Waals surface area contributed by atoms with Crippen molar-refractivity contribution in [3.63, 3.8) is 0 Å². The Kier molecular flexibility index (Phi) is 6.13. The van der Waals surface area contributed by atoms with Gasteiger partial charge in [-0.3, -0.25) is 10.00 Å². The van der Waals surface area contributed by atoms with Crippen LogP contribution in [-0.2, 0) is 12.7 Å². The number of rotatable bonds is 4. The molecule has 1 aromatic heterocycles. The van der Waals surface area contributed by atoms with Crippen molar-refractivity contribution in [2.75, 3.05) is 22.9 Å². The number of H-pyrrole nitrogens is 1. The lowest BCUT2D eigenvalue weighted by Gasteiger charge is -2.46. The van der Waals surface area contributed by atoms with Gasteiger partial charge in [0, 0.05) is 30.9 Å². The molecule has 1 N–H and O–H groups in total. The van der Waals surface area contributed by atoms with E-state index in [0.29, 0.717) is 37.4 Å². The summed E-state index contributed by atoms with van der Waals surface area (Å²) in [6.07, 6.45) is -1.61. The highest BCUT2D eigenvalue weighted by molar-refractivity contribution is 5.94. The van der Waals surface area contributed by atoms with Crippen molar-refractivity contribution >= 4 is 17.5 Å². The molecule has 2 aliphatic rings. The minimum atomic E-state index is -4.53. The fourth-order valence-corrected chi connectivity index (χ4v) is 5.47. The summed E-state index contributed by atoms with van der Waals surface area (Å²) in [5.74, 6) is 0.0774. The van der Waals surface area contributed by atoms with Crippen molar-refractivity contribution < 1.29 is 22.4 Å². The maximum absolute atomic E-state index is 14.5. The highest BCUT2D eigenvalue weighted by Gasteiger charge is 2.43. The third kappa shape index (κ3) is 4.18. The SMILES string of the molecule is Cc1cccc(F)c1N1CCC(N2C(=O)N(Cc3ccccc3C(F)(F)F)c3n[nH]cc3C2C)CC1. The number of piperidine rings is 1. The van der Waals surface area contributed by atoms with Crippen molar-refractivity contribution in [1.82, 2.24) is 15.1 Å². The van der Waals surface area contributed by atoms with Crippen molar-refractivity contribution in [1.29, 1.82) is 0 Å². The average Bonchev–Trinajstić information content (AvgIpc) is 3.33. The van der Waals surface area contributed by atoms with E-state index in [1.165, 1.54) is 29.2 Å². The number of anilines is 2.